The van der Waals surface area contributed by atoms with E-state index < -0.39 is 0 Å². The highest BCUT2D eigenvalue weighted by Crippen LogP contribution is 2.58. The summed E-state index contributed by atoms with van der Waals surface area (Å²) >= 11 is 7.49. The van der Waals surface area contributed by atoms with Gasteiger partial charge in [-0.05, 0) is 106 Å². The van der Waals surface area contributed by atoms with Crippen molar-refractivity contribution in [2.45, 2.75) is 155 Å². The number of nitrogens with zero attached hydrogens (tertiary/aromatic N) is 2. The van der Waals surface area contributed by atoms with Crippen molar-refractivity contribution in [1.29, 1.82) is 10.5 Å². The molecule has 3 aromatic rings. The Labute approximate surface area is 337 Å². The number of nitriles is 2. The van der Waals surface area contributed by atoms with Gasteiger partial charge in [0.1, 0.15) is 17.7 Å². The van der Waals surface area contributed by atoms with Gasteiger partial charge in [-0.1, -0.05) is 173 Å². The lowest BCUT2D eigenvalue weighted by atomic mass is 9.81. The quantitative estimate of drug-likeness (QED) is 0.0557. The number of allylic oxidation sites excluding steroid dienone is 1. The van der Waals surface area contributed by atoms with E-state index in [4.69, 9.17) is 5.73 Å². The first-order chi connectivity index (χ1) is 26.0. The van der Waals surface area contributed by atoms with Crippen LogP contribution in [0.5, 0.6) is 0 Å². The molecule has 0 spiro atoms. The minimum atomic E-state index is 0.195. The second kappa shape index (κ2) is 21.1. The van der Waals surface area contributed by atoms with Crippen LogP contribution >= 0.6 is 31.9 Å². The molecule has 280 valence electrons. The summed E-state index contributed by atoms with van der Waals surface area (Å²) in [6, 6.07) is 17.6. The van der Waals surface area contributed by atoms with Gasteiger partial charge in [-0.2, -0.15) is 10.5 Å². The molecule has 53 heavy (non-hydrogen) atoms. The Hall–Kier alpha value is -3.12. The van der Waals surface area contributed by atoms with Crippen molar-refractivity contribution in [2.75, 3.05) is 0 Å². The summed E-state index contributed by atoms with van der Waals surface area (Å²) in [6.07, 6.45) is 29.3. The van der Waals surface area contributed by atoms with Crippen LogP contribution in [0.3, 0.4) is 0 Å². The number of hydrogen-bond acceptors (Lipinski definition) is 3. The molecule has 0 radical (unpaired) electrons. The average Bonchev–Trinajstić information content (AvgIpc) is 3.66. The van der Waals surface area contributed by atoms with E-state index in [1.54, 1.807) is 0 Å². The monoisotopic (exact) mass is 835 g/mol. The molecule has 2 aliphatic carbocycles. The lowest BCUT2D eigenvalue weighted by Crippen LogP contribution is -2.05. The normalized spacial score (nSPS) is 13.1. The topological polar surface area (TPSA) is 73.6 Å². The molecule has 0 unspecified atom stereocenters. The standard InChI is InChI=1S/C48H59Br2N3/c1-3-5-7-9-11-13-15-17-19-21-23-39-46-38-28-26-36(50)30-42(38)44(34(31-51)32-52)48(46)40(24-22-20-18-16-14-12-10-8-6-4-2)45-37-27-25-35(49)29-41(37)43(33-53)47(39)45/h25-30,33H,3-24,53H2,1-2H3/b43-33-. The van der Waals surface area contributed by atoms with Crippen LogP contribution in [0.25, 0.3) is 33.4 Å². The summed E-state index contributed by atoms with van der Waals surface area (Å²) in [5.74, 6) is 0. The average molecular weight is 838 g/mol. The van der Waals surface area contributed by atoms with E-state index in [1.807, 2.05) is 6.20 Å². The molecule has 5 heteroatoms. The number of benzene rings is 3. The molecule has 0 heterocycles. The highest BCUT2D eigenvalue weighted by atomic mass is 79.9. The van der Waals surface area contributed by atoms with Gasteiger partial charge in [0.25, 0.3) is 0 Å². The van der Waals surface area contributed by atoms with Crippen molar-refractivity contribution in [3.8, 4) is 34.4 Å². The summed E-state index contributed by atoms with van der Waals surface area (Å²) in [4.78, 5) is 0. The molecule has 5 rings (SSSR count). The predicted molar refractivity (Wildman–Crippen MR) is 232 cm³/mol. The van der Waals surface area contributed by atoms with Gasteiger partial charge in [0.2, 0.25) is 0 Å². The van der Waals surface area contributed by atoms with E-state index in [9.17, 15) is 10.5 Å². The zero-order valence-corrected chi connectivity index (χ0v) is 35.5. The van der Waals surface area contributed by atoms with Gasteiger partial charge in [0.15, 0.2) is 0 Å². The number of halogens is 2. The van der Waals surface area contributed by atoms with Gasteiger partial charge in [-0.3, -0.25) is 0 Å². The fourth-order valence-corrected chi connectivity index (χ4v) is 9.56. The van der Waals surface area contributed by atoms with E-state index in [-0.39, 0.29) is 5.57 Å². The smallest absolute Gasteiger partial charge is 0.138 e. The molecule has 0 amide bonds. The molecule has 3 aromatic carbocycles. The van der Waals surface area contributed by atoms with Gasteiger partial charge >= 0.3 is 0 Å². The Morgan fingerprint density at radius 3 is 1.38 bits per heavy atom. The van der Waals surface area contributed by atoms with Crippen molar-refractivity contribution in [2.24, 2.45) is 5.73 Å². The number of hydrogen-bond donors (Lipinski definition) is 1. The summed E-state index contributed by atoms with van der Waals surface area (Å²) < 4.78 is 1.99. The Balaban J connectivity index is 1.54. The SMILES string of the molecule is CCCCCCCCCCCCc1c2c(c(CCCCCCCCCCCC)c3c1-c1ccc(Br)cc1C3=C(C#N)C#N)-c1ccc(Br)cc1/C2=C/N. The molecule has 2 aliphatic rings. The van der Waals surface area contributed by atoms with Crippen molar-refractivity contribution >= 4 is 43.0 Å². The fourth-order valence-electron chi connectivity index (χ4n) is 8.84. The lowest BCUT2D eigenvalue weighted by molar-refractivity contribution is 0.556. The molecule has 2 N–H and O–H groups in total. The van der Waals surface area contributed by atoms with Crippen LogP contribution in [0.2, 0.25) is 0 Å². The van der Waals surface area contributed by atoms with E-state index in [0.29, 0.717) is 0 Å². The van der Waals surface area contributed by atoms with Crippen LogP contribution in [0.15, 0.2) is 57.1 Å². The highest BCUT2D eigenvalue weighted by Gasteiger charge is 2.38. The van der Waals surface area contributed by atoms with Gasteiger partial charge in [0.05, 0.1) is 0 Å². The molecule has 0 saturated heterocycles. The Morgan fingerprint density at radius 2 is 0.925 bits per heavy atom. The molecule has 3 nitrogen and oxygen atoms in total. The molecular weight excluding hydrogens is 778 g/mol. The van der Waals surface area contributed by atoms with E-state index in [2.05, 4.69) is 94.2 Å². The van der Waals surface area contributed by atoms with Gasteiger partial charge in [0, 0.05) is 26.3 Å². The molecule has 0 bridgehead atoms. The Bertz CT molecular complexity index is 1850. The van der Waals surface area contributed by atoms with Gasteiger partial charge in [-0.15, -0.1) is 0 Å². The molecule has 0 saturated carbocycles. The summed E-state index contributed by atoms with van der Waals surface area (Å²) in [5, 5.41) is 20.9. The third-order valence-corrected chi connectivity index (χ3v) is 12.5. The maximum Gasteiger partial charge on any atom is 0.138 e. The lowest BCUT2D eigenvalue weighted by Gasteiger charge is -2.22. The minimum Gasteiger partial charge on any atom is -0.404 e. The van der Waals surface area contributed by atoms with Crippen molar-refractivity contribution < 1.29 is 0 Å². The number of unbranched alkanes of at least 4 members (excludes halogenated alkanes) is 18. The zero-order chi connectivity index (χ0) is 37.6. The van der Waals surface area contributed by atoms with Crippen LogP contribution in [0.1, 0.15) is 176 Å². The van der Waals surface area contributed by atoms with Crippen LogP contribution < -0.4 is 5.73 Å². The maximum absolute atomic E-state index is 10.4. The second-order valence-corrected chi connectivity index (χ2v) is 17.1. The Morgan fingerprint density at radius 1 is 0.528 bits per heavy atom. The fraction of sp³-hybridized carbons (Fsp3) is 0.500. The predicted octanol–water partition coefficient (Wildman–Crippen LogP) is 15.3. The molecule has 0 aromatic heterocycles. The minimum absolute atomic E-state index is 0.195. The number of nitrogens with two attached hydrogens (primary N) is 1. The molecule has 0 fully saturated rings. The van der Waals surface area contributed by atoms with Crippen LogP contribution in [-0.2, 0) is 12.8 Å². The van der Waals surface area contributed by atoms with Gasteiger partial charge in [-0.25, -0.2) is 0 Å². The van der Waals surface area contributed by atoms with Crippen LogP contribution in [0.4, 0.5) is 0 Å². The van der Waals surface area contributed by atoms with Gasteiger partial charge < -0.3 is 5.73 Å². The van der Waals surface area contributed by atoms with E-state index >= 15 is 0 Å². The number of rotatable bonds is 22. The van der Waals surface area contributed by atoms with Crippen molar-refractivity contribution in [3.05, 3.63) is 90.5 Å². The first kappa shape index (κ1) is 41.1. The van der Waals surface area contributed by atoms with Crippen molar-refractivity contribution in [3.63, 3.8) is 0 Å². The number of fused-ring (bicyclic) bond motifs is 6. The first-order valence-corrected chi connectivity index (χ1v) is 22.4. The Kier molecular flexibility index (Phi) is 16.3. The maximum atomic E-state index is 10.4. The summed E-state index contributed by atoms with van der Waals surface area (Å²) in [7, 11) is 0. The van der Waals surface area contributed by atoms with E-state index in [0.717, 1.165) is 68.0 Å². The van der Waals surface area contributed by atoms with Crippen molar-refractivity contribution in [1.82, 2.24) is 0 Å². The zero-order valence-electron chi connectivity index (χ0n) is 32.3. The second-order valence-electron chi connectivity index (χ2n) is 15.3. The van der Waals surface area contributed by atoms with E-state index in [1.165, 1.54) is 149 Å². The first-order valence-electron chi connectivity index (χ1n) is 20.8. The van der Waals surface area contributed by atoms with Crippen LogP contribution in [-0.4, -0.2) is 0 Å². The summed E-state index contributed by atoms with van der Waals surface area (Å²) in [5.41, 5.74) is 20.6. The molecule has 0 atom stereocenters. The van der Waals surface area contributed by atoms with Crippen LogP contribution in [0, 0.1) is 22.7 Å². The highest BCUT2D eigenvalue weighted by molar-refractivity contribution is 9.10. The molecular formula is C48H59Br2N3. The molecule has 0 aliphatic heterocycles. The third kappa shape index (κ3) is 9.77. The largest absolute Gasteiger partial charge is 0.404 e. The summed E-state index contributed by atoms with van der Waals surface area (Å²) in [6.45, 7) is 4.56. The third-order valence-electron chi connectivity index (χ3n) is 11.5.